The van der Waals surface area contributed by atoms with Gasteiger partial charge in [0.2, 0.25) is 0 Å². The first-order valence-electron chi connectivity index (χ1n) is 14.9. The van der Waals surface area contributed by atoms with Gasteiger partial charge in [0.15, 0.2) is 0 Å². The molecule has 4 rings (SSSR count). The Balaban J connectivity index is 2.02. The summed E-state index contributed by atoms with van der Waals surface area (Å²) >= 11 is -4.22. The number of unbranched alkanes of at least 4 members (excludes halogenated alkanes) is 4. The van der Waals surface area contributed by atoms with E-state index in [0.29, 0.717) is 0 Å². The number of halogens is 2. The first-order valence-corrected chi connectivity index (χ1v) is 23.7. The molecule has 0 aliphatic heterocycles. The van der Waals surface area contributed by atoms with Crippen LogP contribution in [0.3, 0.4) is 0 Å². The average Bonchev–Trinajstić information content (AvgIpc) is 3.42. The van der Waals surface area contributed by atoms with E-state index in [-0.39, 0.29) is 6.25 Å². The zero-order valence-corrected chi connectivity index (χ0v) is 27.5. The second-order valence-electron chi connectivity index (χ2n) is 11.3. The maximum atomic E-state index is 8.43. The molecule has 0 saturated carbocycles. The first-order chi connectivity index (χ1) is 17.9. The molecule has 2 atom stereocenters. The van der Waals surface area contributed by atoms with Crippen LogP contribution in [0.5, 0.6) is 0 Å². The molecule has 0 radical (unpaired) electrons. The second kappa shape index (κ2) is 12.7. The fraction of sp³-hybridized carbons (Fsp3) is 0.529. The summed E-state index contributed by atoms with van der Waals surface area (Å²) in [7, 11) is 16.9. The van der Waals surface area contributed by atoms with Crippen LogP contribution in [0.15, 0.2) is 59.7 Å². The molecule has 3 heteroatoms. The monoisotopic (exact) mass is 614 g/mol. The quantitative estimate of drug-likeness (QED) is 0.198. The average molecular weight is 617 g/mol. The molecule has 37 heavy (non-hydrogen) atoms. The van der Waals surface area contributed by atoms with Gasteiger partial charge in [0.1, 0.15) is 0 Å². The van der Waals surface area contributed by atoms with Gasteiger partial charge < -0.3 is 0 Å². The van der Waals surface area contributed by atoms with E-state index in [1.165, 1.54) is 47.9 Å². The summed E-state index contributed by atoms with van der Waals surface area (Å²) in [4.78, 5) is 0. The molecule has 0 N–H and O–H groups in total. The van der Waals surface area contributed by atoms with E-state index < -0.39 is 17.9 Å². The van der Waals surface area contributed by atoms with Gasteiger partial charge in [-0.1, -0.05) is 0 Å². The van der Waals surface area contributed by atoms with Gasteiger partial charge in [-0.2, -0.15) is 0 Å². The van der Waals surface area contributed by atoms with Gasteiger partial charge in [0.25, 0.3) is 0 Å². The standard InChI is InChI=1S/2C17H23.2ClH.Zr/c2*1-3-5-9-14-13-15-10-7-8-12-17(15)16(14)11-6-4-2;;;/h2*7-8,10,12-13H,3-6,9,11H2,1-2H3;2*1H;/q;;;;+2/p-2. The Hall–Kier alpha value is -0.617. The van der Waals surface area contributed by atoms with Crippen molar-refractivity contribution in [3.63, 3.8) is 0 Å². The molecule has 0 heterocycles. The predicted molar refractivity (Wildman–Crippen MR) is 162 cm³/mol. The Labute approximate surface area is 238 Å². The number of benzene rings is 2. The normalized spacial score (nSPS) is 22.5. The Morgan fingerprint density at radius 2 is 0.946 bits per heavy atom. The molecule has 0 saturated heterocycles. The van der Waals surface area contributed by atoms with E-state index in [2.05, 4.69) is 88.4 Å². The van der Waals surface area contributed by atoms with Gasteiger partial charge in [0, 0.05) is 0 Å². The van der Waals surface area contributed by atoms with Crippen molar-refractivity contribution in [3.05, 3.63) is 81.9 Å². The number of hydrogen-bond donors (Lipinski definition) is 0. The van der Waals surface area contributed by atoms with Gasteiger partial charge in [-0.25, -0.2) is 0 Å². The van der Waals surface area contributed by atoms with Crippen LogP contribution >= 0.6 is 17.0 Å². The van der Waals surface area contributed by atoms with Crippen LogP contribution in [0.4, 0.5) is 0 Å². The Morgan fingerprint density at radius 1 is 0.568 bits per heavy atom. The molecule has 2 aromatic rings. The zero-order valence-electron chi connectivity index (χ0n) is 23.5. The summed E-state index contributed by atoms with van der Waals surface area (Å²) in [6.45, 7) is 9.23. The molecule has 0 bridgehead atoms. The number of hydrogen-bond acceptors (Lipinski definition) is 0. The number of rotatable bonds is 14. The van der Waals surface area contributed by atoms with Crippen LogP contribution in [-0.2, 0) is 24.1 Å². The minimum absolute atomic E-state index is 0.198. The molecular formula is C34H46Cl2Zr. The van der Waals surface area contributed by atoms with E-state index in [9.17, 15) is 0 Å². The van der Waals surface area contributed by atoms with E-state index in [1.54, 1.807) is 11.1 Å². The van der Waals surface area contributed by atoms with Crippen LogP contribution in [-0.4, -0.2) is 0 Å². The molecule has 200 valence electrons. The Kier molecular flexibility index (Phi) is 10.1. The van der Waals surface area contributed by atoms with Crippen molar-refractivity contribution in [2.75, 3.05) is 0 Å². The molecule has 0 fully saturated rings. The molecule has 2 aromatic carbocycles. The van der Waals surface area contributed by atoms with Crippen LogP contribution < -0.4 is 0 Å². The SMILES string of the molecule is CCCCC1=Cc2ccccc2[C]1(CCCC)[Zr]([Cl])([Cl])[C]1(CCCC)C(CCCC)=Cc2ccccc21. The van der Waals surface area contributed by atoms with Gasteiger partial charge >= 0.3 is 240 Å². The summed E-state index contributed by atoms with van der Waals surface area (Å²) in [6, 6.07) is 18.2. The summed E-state index contributed by atoms with van der Waals surface area (Å²) in [5, 5.41) is 0. The van der Waals surface area contributed by atoms with Crippen LogP contribution in [0.25, 0.3) is 12.2 Å². The molecule has 0 aromatic heterocycles. The van der Waals surface area contributed by atoms with Gasteiger partial charge in [0.05, 0.1) is 0 Å². The van der Waals surface area contributed by atoms with E-state index in [0.717, 1.165) is 51.4 Å². The fourth-order valence-electron chi connectivity index (χ4n) is 7.19. The van der Waals surface area contributed by atoms with Crippen molar-refractivity contribution in [2.45, 2.75) is 111 Å². The Bertz CT molecular complexity index is 1040. The van der Waals surface area contributed by atoms with Gasteiger partial charge in [-0.3, -0.25) is 0 Å². The van der Waals surface area contributed by atoms with Crippen LogP contribution in [0.2, 0.25) is 0 Å². The molecule has 2 unspecified atom stereocenters. The molecule has 2 aliphatic rings. The second-order valence-corrected chi connectivity index (χ2v) is 26.2. The third-order valence-corrected chi connectivity index (χ3v) is 26.1. The maximum absolute atomic E-state index is 8.43. The van der Waals surface area contributed by atoms with Crippen molar-refractivity contribution in [1.82, 2.24) is 0 Å². The van der Waals surface area contributed by atoms with E-state index in [1.807, 2.05) is 0 Å². The molecule has 0 amide bonds. The first kappa shape index (κ1) is 29.4. The van der Waals surface area contributed by atoms with Crippen molar-refractivity contribution in [2.24, 2.45) is 0 Å². The van der Waals surface area contributed by atoms with Crippen molar-refractivity contribution in [3.8, 4) is 0 Å². The third-order valence-electron chi connectivity index (χ3n) is 9.08. The van der Waals surface area contributed by atoms with Crippen molar-refractivity contribution < 1.29 is 17.9 Å². The minimum atomic E-state index is -4.22. The van der Waals surface area contributed by atoms with E-state index in [4.69, 9.17) is 17.0 Å². The fourth-order valence-corrected chi connectivity index (χ4v) is 24.6. The van der Waals surface area contributed by atoms with Crippen molar-refractivity contribution in [1.29, 1.82) is 0 Å². The zero-order chi connectivity index (χ0) is 26.5. The topological polar surface area (TPSA) is 0 Å². The van der Waals surface area contributed by atoms with Gasteiger partial charge in [-0.15, -0.1) is 0 Å². The van der Waals surface area contributed by atoms with Crippen molar-refractivity contribution >= 4 is 29.2 Å². The predicted octanol–water partition coefficient (Wildman–Crippen LogP) is 11.8. The Morgan fingerprint density at radius 3 is 1.32 bits per heavy atom. The van der Waals surface area contributed by atoms with E-state index >= 15 is 0 Å². The number of fused-ring (bicyclic) bond motifs is 2. The molecule has 2 aliphatic carbocycles. The summed E-state index contributed by atoms with van der Waals surface area (Å²) < 4.78 is -0.397. The van der Waals surface area contributed by atoms with Crippen LogP contribution in [0.1, 0.15) is 127 Å². The van der Waals surface area contributed by atoms with Gasteiger partial charge in [-0.05, 0) is 0 Å². The summed E-state index contributed by atoms with van der Waals surface area (Å²) in [5.41, 5.74) is 8.68. The molecule has 0 nitrogen and oxygen atoms in total. The van der Waals surface area contributed by atoms with Crippen LogP contribution in [0, 0.1) is 0 Å². The number of allylic oxidation sites excluding steroid dienone is 2. The summed E-state index contributed by atoms with van der Waals surface area (Å²) in [6.07, 6.45) is 18.8. The summed E-state index contributed by atoms with van der Waals surface area (Å²) in [5.74, 6) is 0. The molecule has 0 spiro atoms. The third kappa shape index (κ3) is 4.94. The molecular weight excluding hydrogens is 571 g/mol.